The van der Waals surface area contributed by atoms with Crippen LogP contribution in [0.5, 0.6) is 5.75 Å². The molecule has 1 nitrogen and oxygen atoms in total. The molecule has 0 saturated heterocycles. The smallest absolute Gasteiger partial charge is 0.126 e. The molecule has 1 aliphatic carbocycles. The fourth-order valence-electron chi connectivity index (χ4n) is 2.70. The van der Waals surface area contributed by atoms with Gasteiger partial charge in [0.05, 0.1) is 7.11 Å². The fraction of sp³-hybridized carbons (Fsp3) is 0.375. The van der Waals surface area contributed by atoms with Gasteiger partial charge in [0, 0.05) is 10.2 Å². The van der Waals surface area contributed by atoms with Gasteiger partial charge in [0.2, 0.25) is 0 Å². The molecule has 94 valence electrons. The Labute approximate surface area is 116 Å². The second-order valence-electron chi connectivity index (χ2n) is 5.00. The number of halogens is 1. The monoisotopic (exact) mass is 304 g/mol. The first-order valence-electron chi connectivity index (χ1n) is 6.51. The highest BCUT2D eigenvalue weighted by Crippen LogP contribution is 2.45. The van der Waals surface area contributed by atoms with E-state index in [1.54, 1.807) is 7.11 Å². The topological polar surface area (TPSA) is 9.23 Å². The van der Waals surface area contributed by atoms with E-state index in [1.807, 2.05) is 0 Å². The molecule has 1 saturated carbocycles. The van der Waals surface area contributed by atoms with Gasteiger partial charge in [0.25, 0.3) is 0 Å². The molecular weight excluding hydrogens is 288 g/mol. The second-order valence-corrected chi connectivity index (χ2v) is 5.98. The molecule has 18 heavy (non-hydrogen) atoms. The predicted molar refractivity (Wildman–Crippen MR) is 79.5 cm³/mol. The van der Waals surface area contributed by atoms with Crippen molar-refractivity contribution in [2.45, 2.75) is 24.1 Å². The number of rotatable bonds is 3. The van der Waals surface area contributed by atoms with Crippen molar-refractivity contribution < 1.29 is 4.74 Å². The molecule has 2 heteroatoms. The van der Waals surface area contributed by atoms with Crippen molar-refractivity contribution in [2.24, 2.45) is 5.92 Å². The fourth-order valence-corrected chi connectivity index (χ4v) is 3.63. The van der Waals surface area contributed by atoms with Gasteiger partial charge in [0.1, 0.15) is 5.75 Å². The summed E-state index contributed by atoms with van der Waals surface area (Å²) in [6.07, 6.45) is 4.06. The van der Waals surface area contributed by atoms with Crippen molar-refractivity contribution in [1.82, 2.24) is 0 Å². The van der Waals surface area contributed by atoms with Gasteiger partial charge >= 0.3 is 0 Å². The molecular formula is C16H17BrO. The standard InChI is InChI=1S/C16H17BrO/c1-18-15-10-9-14(16(17)11-5-4-6-11)12-7-2-3-8-13(12)15/h2-3,7-11,16H,4-6H2,1H3. The van der Waals surface area contributed by atoms with Crippen molar-refractivity contribution in [3.05, 3.63) is 42.0 Å². The number of ether oxygens (including phenoxy) is 1. The molecule has 1 unspecified atom stereocenters. The average molecular weight is 305 g/mol. The first kappa shape index (κ1) is 12.0. The van der Waals surface area contributed by atoms with Crippen LogP contribution in [-0.4, -0.2) is 7.11 Å². The first-order valence-corrected chi connectivity index (χ1v) is 7.42. The van der Waals surface area contributed by atoms with E-state index in [9.17, 15) is 0 Å². The Morgan fingerprint density at radius 2 is 1.83 bits per heavy atom. The Morgan fingerprint density at radius 3 is 2.44 bits per heavy atom. The molecule has 1 aliphatic rings. The molecule has 2 aromatic rings. The minimum atomic E-state index is 0.474. The molecule has 0 amide bonds. The molecule has 0 spiro atoms. The average Bonchev–Trinajstić information content (AvgIpc) is 2.35. The lowest BCUT2D eigenvalue weighted by Gasteiger charge is -2.31. The van der Waals surface area contributed by atoms with Crippen molar-refractivity contribution >= 4 is 26.7 Å². The van der Waals surface area contributed by atoms with Gasteiger partial charge in [-0.3, -0.25) is 0 Å². The van der Waals surface area contributed by atoms with Crippen LogP contribution in [0.1, 0.15) is 29.7 Å². The van der Waals surface area contributed by atoms with Crippen LogP contribution < -0.4 is 4.74 Å². The Bertz CT molecular complexity index is 560. The highest BCUT2D eigenvalue weighted by molar-refractivity contribution is 9.09. The van der Waals surface area contributed by atoms with E-state index in [2.05, 4.69) is 52.3 Å². The molecule has 0 aromatic heterocycles. The van der Waals surface area contributed by atoms with Crippen molar-refractivity contribution in [3.63, 3.8) is 0 Å². The largest absolute Gasteiger partial charge is 0.496 e. The van der Waals surface area contributed by atoms with Crippen LogP contribution >= 0.6 is 15.9 Å². The van der Waals surface area contributed by atoms with Crippen molar-refractivity contribution in [2.75, 3.05) is 7.11 Å². The van der Waals surface area contributed by atoms with E-state index in [0.717, 1.165) is 11.7 Å². The maximum Gasteiger partial charge on any atom is 0.126 e. The van der Waals surface area contributed by atoms with Crippen LogP contribution in [0.2, 0.25) is 0 Å². The van der Waals surface area contributed by atoms with E-state index in [-0.39, 0.29) is 0 Å². The number of methoxy groups -OCH3 is 1. The summed E-state index contributed by atoms with van der Waals surface area (Å²) in [5.41, 5.74) is 1.40. The van der Waals surface area contributed by atoms with E-state index >= 15 is 0 Å². The van der Waals surface area contributed by atoms with Crippen molar-refractivity contribution in [1.29, 1.82) is 0 Å². The van der Waals surface area contributed by atoms with Crippen LogP contribution in [0.3, 0.4) is 0 Å². The van der Waals surface area contributed by atoms with Gasteiger partial charge in [-0.05, 0) is 35.8 Å². The van der Waals surface area contributed by atoms with Crippen molar-refractivity contribution in [3.8, 4) is 5.75 Å². The summed E-state index contributed by atoms with van der Waals surface area (Å²) in [6, 6.07) is 12.8. The maximum atomic E-state index is 5.45. The molecule has 0 radical (unpaired) electrons. The zero-order chi connectivity index (χ0) is 12.5. The zero-order valence-corrected chi connectivity index (χ0v) is 12.1. The Kier molecular flexibility index (Phi) is 3.29. The molecule has 3 rings (SSSR count). The third-order valence-electron chi connectivity index (χ3n) is 4.00. The summed E-state index contributed by atoms with van der Waals surface area (Å²) in [7, 11) is 1.74. The third-order valence-corrected chi connectivity index (χ3v) is 5.24. The van der Waals surface area contributed by atoms with E-state index in [1.165, 1.54) is 35.6 Å². The number of fused-ring (bicyclic) bond motifs is 1. The molecule has 0 heterocycles. The first-order chi connectivity index (χ1) is 8.81. The van der Waals surface area contributed by atoms with E-state index < -0.39 is 0 Å². The van der Waals surface area contributed by atoms with Crippen LogP contribution in [0.15, 0.2) is 36.4 Å². The summed E-state index contributed by atoms with van der Waals surface area (Å²) in [4.78, 5) is 0.474. The summed E-state index contributed by atoms with van der Waals surface area (Å²) < 4.78 is 5.45. The lowest BCUT2D eigenvalue weighted by atomic mass is 9.80. The molecule has 0 bridgehead atoms. The van der Waals surface area contributed by atoms with Gasteiger partial charge < -0.3 is 4.74 Å². The number of hydrogen-bond donors (Lipinski definition) is 0. The number of benzene rings is 2. The minimum Gasteiger partial charge on any atom is -0.496 e. The molecule has 0 N–H and O–H groups in total. The lowest BCUT2D eigenvalue weighted by molar-refractivity contribution is 0.313. The Hall–Kier alpha value is -1.02. The van der Waals surface area contributed by atoms with Gasteiger partial charge in [-0.25, -0.2) is 0 Å². The maximum absolute atomic E-state index is 5.45. The quantitative estimate of drug-likeness (QED) is 0.718. The lowest BCUT2D eigenvalue weighted by Crippen LogP contribution is -2.16. The van der Waals surface area contributed by atoms with Gasteiger partial charge in [-0.2, -0.15) is 0 Å². The third kappa shape index (κ3) is 1.93. The second kappa shape index (κ2) is 4.93. The predicted octanol–water partition coefficient (Wildman–Crippen LogP) is 5.08. The Morgan fingerprint density at radius 1 is 1.11 bits per heavy atom. The van der Waals surface area contributed by atoms with Crippen LogP contribution in [0.4, 0.5) is 0 Å². The summed E-state index contributed by atoms with van der Waals surface area (Å²) in [5.74, 6) is 1.75. The van der Waals surface area contributed by atoms with Crippen LogP contribution in [-0.2, 0) is 0 Å². The molecule has 0 aliphatic heterocycles. The molecule has 2 aromatic carbocycles. The number of hydrogen-bond acceptors (Lipinski definition) is 1. The van der Waals surface area contributed by atoms with Gasteiger partial charge in [-0.1, -0.05) is 52.7 Å². The normalized spacial score (nSPS) is 17.4. The van der Waals surface area contributed by atoms with Gasteiger partial charge in [0.15, 0.2) is 0 Å². The van der Waals surface area contributed by atoms with Crippen LogP contribution in [0.25, 0.3) is 10.8 Å². The molecule has 1 atom stereocenters. The number of alkyl halides is 1. The molecule has 1 fully saturated rings. The summed E-state index contributed by atoms with van der Waals surface area (Å²) in [6.45, 7) is 0. The van der Waals surface area contributed by atoms with Gasteiger partial charge in [-0.15, -0.1) is 0 Å². The van der Waals surface area contributed by atoms with E-state index in [0.29, 0.717) is 4.83 Å². The highest BCUT2D eigenvalue weighted by atomic mass is 79.9. The summed E-state index contributed by atoms with van der Waals surface area (Å²) >= 11 is 3.89. The Balaban J connectivity index is 2.12. The van der Waals surface area contributed by atoms with E-state index in [4.69, 9.17) is 4.74 Å². The minimum absolute atomic E-state index is 0.474. The van der Waals surface area contributed by atoms with Crippen LogP contribution in [0, 0.1) is 5.92 Å². The summed E-state index contributed by atoms with van der Waals surface area (Å²) in [5, 5.41) is 2.52. The zero-order valence-electron chi connectivity index (χ0n) is 10.5. The highest BCUT2D eigenvalue weighted by Gasteiger charge is 2.27. The SMILES string of the molecule is COc1ccc(C(Br)C2CCC2)c2ccccc12.